The van der Waals surface area contributed by atoms with Crippen LogP contribution in [0, 0.1) is 0 Å². The highest BCUT2D eigenvalue weighted by Crippen LogP contribution is 2.01. The van der Waals surface area contributed by atoms with Crippen LogP contribution in [-0.4, -0.2) is 43.4 Å². The first-order chi connectivity index (χ1) is 8.90. The molecule has 0 amide bonds. The minimum atomic E-state index is 0.688. The number of rotatable bonds is 5. The SMILES string of the molecule is NCCCNC1=NCCN1/N=C/c1ccccc1. The Morgan fingerprint density at radius 1 is 1.39 bits per heavy atom. The lowest BCUT2D eigenvalue weighted by atomic mass is 10.2. The molecule has 1 aromatic carbocycles. The summed E-state index contributed by atoms with van der Waals surface area (Å²) >= 11 is 0. The topological polar surface area (TPSA) is 66.0 Å². The first-order valence-electron chi connectivity index (χ1n) is 6.25. The number of hydrogen-bond donors (Lipinski definition) is 2. The number of nitrogens with zero attached hydrogens (tertiary/aromatic N) is 3. The van der Waals surface area contributed by atoms with Gasteiger partial charge in [-0.1, -0.05) is 30.3 Å². The van der Waals surface area contributed by atoms with Gasteiger partial charge in [0.25, 0.3) is 0 Å². The molecular weight excluding hydrogens is 226 g/mol. The molecule has 1 heterocycles. The van der Waals surface area contributed by atoms with Gasteiger partial charge in [-0.05, 0) is 18.5 Å². The summed E-state index contributed by atoms with van der Waals surface area (Å²) in [6.45, 7) is 3.14. The van der Waals surface area contributed by atoms with E-state index in [0.717, 1.165) is 37.6 Å². The zero-order valence-electron chi connectivity index (χ0n) is 10.4. The van der Waals surface area contributed by atoms with Crippen LogP contribution < -0.4 is 11.1 Å². The first kappa shape index (κ1) is 12.6. The number of benzene rings is 1. The molecule has 1 aromatic rings. The third-order valence-electron chi connectivity index (χ3n) is 2.63. The van der Waals surface area contributed by atoms with Crippen molar-refractivity contribution < 1.29 is 0 Å². The quantitative estimate of drug-likeness (QED) is 0.590. The molecule has 0 fully saturated rings. The van der Waals surface area contributed by atoms with Gasteiger partial charge in [-0.2, -0.15) is 5.10 Å². The van der Waals surface area contributed by atoms with Gasteiger partial charge in [0.05, 0.1) is 19.3 Å². The van der Waals surface area contributed by atoms with Crippen molar-refractivity contribution in [3.05, 3.63) is 35.9 Å². The van der Waals surface area contributed by atoms with Crippen LogP contribution in [0.25, 0.3) is 0 Å². The second-order valence-electron chi connectivity index (χ2n) is 4.05. The third-order valence-corrected chi connectivity index (χ3v) is 2.63. The Labute approximate surface area is 107 Å². The zero-order chi connectivity index (χ0) is 12.6. The van der Waals surface area contributed by atoms with Crippen LogP contribution in [0.3, 0.4) is 0 Å². The van der Waals surface area contributed by atoms with Crippen LogP contribution in [0.2, 0.25) is 0 Å². The molecule has 2 rings (SSSR count). The monoisotopic (exact) mass is 245 g/mol. The molecule has 0 bridgehead atoms. The highest BCUT2D eigenvalue weighted by molar-refractivity contribution is 5.84. The fourth-order valence-electron chi connectivity index (χ4n) is 1.68. The molecule has 1 aliphatic heterocycles. The van der Waals surface area contributed by atoms with E-state index in [0.29, 0.717) is 6.54 Å². The first-order valence-corrected chi connectivity index (χ1v) is 6.25. The Balaban J connectivity index is 1.89. The molecule has 0 aromatic heterocycles. The maximum absolute atomic E-state index is 5.46. The van der Waals surface area contributed by atoms with Crippen molar-refractivity contribution in [2.24, 2.45) is 15.8 Å². The molecule has 0 atom stereocenters. The molecule has 96 valence electrons. The van der Waals surface area contributed by atoms with Gasteiger partial charge in [0.15, 0.2) is 0 Å². The molecule has 5 nitrogen and oxygen atoms in total. The molecular formula is C13H19N5. The predicted octanol–water partition coefficient (Wildman–Crippen LogP) is 0.631. The highest BCUT2D eigenvalue weighted by atomic mass is 15.5. The van der Waals surface area contributed by atoms with Gasteiger partial charge in [-0.3, -0.25) is 0 Å². The summed E-state index contributed by atoms with van der Waals surface area (Å²) in [5.74, 6) is 0.843. The molecule has 0 saturated carbocycles. The van der Waals surface area contributed by atoms with Gasteiger partial charge in [0, 0.05) is 6.54 Å². The van der Waals surface area contributed by atoms with Gasteiger partial charge < -0.3 is 11.1 Å². The van der Waals surface area contributed by atoms with Gasteiger partial charge in [-0.25, -0.2) is 10.0 Å². The summed E-state index contributed by atoms with van der Waals surface area (Å²) in [6.07, 6.45) is 2.79. The summed E-state index contributed by atoms with van der Waals surface area (Å²) in [4.78, 5) is 4.38. The van der Waals surface area contributed by atoms with E-state index in [4.69, 9.17) is 5.73 Å². The number of nitrogens with one attached hydrogen (secondary N) is 1. The Kier molecular flexibility index (Phi) is 4.72. The lowest BCUT2D eigenvalue weighted by Gasteiger charge is -2.15. The fourth-order valence-corrected chi connectivity index (χ4v) is 1.68. The van der Waals surface area contributed by atoms with Crippen molar-refractivity contribution in [1.82, 2.24) is 10.3 Å². The number of hydrogen-bond acceptors (Lipinski definition) is 5. The van der Waals surface area contributed by atoms with Crippen LogP contribution in [0.15, 0.2) is 40.4 Å². The predicted molar refractivity (Wildman–Crippen MR) is 74.7 cm³/mol. The van der Waals surface area contributed by atoms with Crippen molar-refractivity contribution in [3.8, 4) is 0 Å². The Morgan fingerprint density at radius 3 is 3.00 bits per heavy atom. The molecule has 3 N–H and O–H groups in total. The molecule has 0 aliphatic carbocycles. The van der Waals surface area contributed by atoms with Crippen molar-refractivity contribution in [2.75, 3.05) is 26.2 Å². The van der Waals surface area contributed by atoms with Crippen LogP contribution in [-0.2, 0) is 0 Å². The molecule has 1 aliphatic rings. The Bertz CT molecular complexity index is 413. The fraction of sp³-hybridized carbons (Fsp3) is 0.385. The lowest BCUT2D eigenvalue weighted by Crippen LogP contribution is -2.36. The van der Waals surface area contributed by atoms with Crippen molar-refractivity contribution in [2.45, 2.75) is 6.42 Å². The summed E-state index contributed by atoms with van der Waals surface area (Å²) < 4.78 is 0. The molecule has 0 saturated heterocycles. The maximum atomic E-state index is 5.46. The standard InChI is InChI=1S/C13H19N5/c14-7-4-8-15-13-16-9-10-18(13)17-11-12-5-2-1-3-6-12/h1-3,5-6,11H,4,7-10,14H2,(H,15,16)/b17-11+. The Hall–Kier alpha value is -1.88. The van der Waals surface area contributed by atoms with E-state index in [1.54, 1.807) is 0 Å². The van der Waals surface area contributed by atoms with Crippen molar-refractivity contribution in [1.29, 1.82) is 0 Å². The molecule has 0 radical (unpaired) electrons. The minimum Gasteiger partial charge on any atom is -0.355 e. The summed E-state index contributed by atoms with van der Waals surface area (Å²) in [7, 11) is 0. The third kappa shape index (κ3) is 3.56. The molecule has 5 heteroatoms. The second-order valence-corrected chi connectivity index (χ2v) is 4.05. The largest absolute Gasteiger partial charge is 0.355 e. The minimum absolute atomic E-state index is 0.688. The summed E-state index contributed by atoms with van der Waals surface area (Å²) in [5.41, 5.74) is 6.55. The van der Waals surface area contributed by atoms with E-state index < -0.39 is 0 Å². The van der Waals surface area contributed by atoms with Crippen molar-refractivity contribution >= 4 is 12.2 Å². The smallest absolute Gasteiger partial charge is 0.214 e. The van der Waals surface area contributed by atoms with Crippen LogP contribution in [0.5, 0.6) is 0 Å². The van der Waals surface area contributed by atoms with E-state index in [1.807, 2.05) is 41.6 Å². The normalized spacial score (nSPS) is 15.2. The molecule has 0 unspecified atom stereocenters. The van der Waals surface area contributed by atoms with E-state index in [2.05, 4.69) is 15.4 Å². The number of hydrazone groups is 1. The number of guanidine groups is 1. The van der Waals surface area contributed by atoms with E-state index in [9.17, 15) is 0 Å². The van der Waals surface area contributed by atoms with Gasteiger partial charge in [0.2, 0.25) is 5.96 Å². The average Bonchev–Trinajstić information content (AvgIpc) is 2.86. The Morgan fingerprint density at radius 2 is 2.22 bits per heavy atom. The summed E-state index contributed by atoms with van der Waals surface area (Å²) in [5, 5.41) is 9.58. The van der Waals surface area contributed by atoms with Gasteiger partial charge in [0.1, 0.15) is 0 Å². The van der Waals surface area contributed by atoms with Gasteiger partial charge in [-0.15, -0.1) is 0 Å². The van der Waals surface area contributed by atoms with Crippen LogP contribution in [0.1, 0.15) is 12.0 Å². The van der Waals surface area contributed by atoms with E-state index >= 15 is 0 Å². The number of nitrogens with two attached hydrogens (primary N) is 1. The van der Waals surface area contributed by atoms with Crippen molar-refractivity contribution in [3.63, 3.8) is 0 Å². The van der Waals surface area contributed by atoms with Gasteiger partial charge >= 0.3 is 0 Å². The van der Waals surface area contributed by atoms with E-state index in [-0.39, 0.29) is 0 Å². The highest BCUT2D eigenvalue weighted by Gasteiger charge is 2.14. The summed E-state index contributed by atoms with van der Waals surface area (Å²) in [6, 6.07) is 10.0. The molecule has 0 spiro atoms. The maximum Gasteiger partial charge on any atom is 0.214 e. The van der Waals surface area contributed by atoms with Crippen LogP contribution in [0.4, 0.5) is 0 Å². The number of aliphatic imine (C=N–C) groups is 1. The zero-order valence-corrected chi connectivity index (χ0v) is 10.4. The molecule has 18 heavy (non-hydrogen) atoms. The van der Waals surface area contributed by atoms with E-state index in [1.165, 1.54) is 0 Å². The average molecular weight is 245 g/mol. The lowest BCUT2D eigenvalue weighted by molar-refractivity contribution is 0.473. The second kappa shape index (κ2) is 6.76. The van der Waals surface area contributed by atoms with Crippen LogP contribution >= 0.6 is 0 Å².